The first-order chi connectivity index (χ1) is 6.20. The standard InChI is InChI=1S/C9H9N3O/c10-8(13)5-1-3-7-4-2-6-12-9(7)11/h2,4,6H,5H2,(H2,10,13)(H2,11,12). The van der Waals surface area contributed by atoms with Gasteiger partial charge >= 0.3 is 0 Å². The molecule has 0 saturated carbocycles. The Morgan fingerprint density at radius 2 is 2.38 bits per heavy atom. The molecule has 1 aromatic rings. The number of carbonyl (C=O) groups is 1. The second-order valence-electron chi connectivity index (χ2n) is 2.38. The van der Waals surface area contributed by atoms with Crippen molar-refractivity contribution in [2.45, 2.75) is 6.42 Å². The van der Waals surface area contributed by atoms with Crippen molar-refractivity contribution in [1.82, 2.24) is 4.98 Å². The molecule has 66 valence electrons. The van der Waals surface area contributed by atoms with Crippen LogP contribution in [0.5, 0.6) is 0 Å². The van der Waals surface area contributed by atoms with Gasteiger partial charge in [0, 0.05) is 6.20 Å². The molecule has 0 aromatic carbocycles. The van der Waals surface area contributed by atoms with Gasteiger partial charge in [-0.15, -0.1) is 0 Å². The molecule has 0 aliphatic rings. The number of carbonyl (C=O) groups excluding carboxylic acids is 1. The van der Waals surface area contributed by atoms with Crippen LogP contribution in [-0.4, -0.2) is 10.9 Å². The van der Waals surface area contributed by atoms with E-state index in [1.54, 1.807) is 18.3 Å². The number of rotatable bonds is 1. The molecule has 0 radical (unpaired) electrons. The number of nitrogens with zero attached hydrogens (tertiary/aromatic N) is 1. The molecule has 1 rings (SSSR count). The van der Waals surface area contributed by atoms with Crippen molar-refractivity contribution in [2.75, 3.05) is 5.73 Å². The Labute approximate surface area is 76.0 Å². The van der Waals surface area contributed by atoms with E-state index in [0.29, 0.717) is 11.4 Å². The topological polar surface area (TPSA) is 82.0 Å². The molecule has 13 heavy (non-hydrogen) atoms. The number of nitrogen functional groups attached to an aromatic ring is 1. The van der Waals surface area contributed by atoms with Gasteiger partial charge in [-0.25, -0.2) is 4.98 Å². The summed E-state index contributed by atoms with van der Waals surface area (Å²) in [4.78, 5) is 14.2. The van der Waals surface area contributed by atoms with Crippen molar-refractivity contribution in [3.05, 3.63) is 23.9 Å². The molecule has 0 fully saturated rings. The highest BCUT2D eigenvalue weighted by Gasteiger charge is 1.93. The van der Waals surface area contributed by atoms with Gasteiger partial charge in [-0.2, -0.15) is 0 Å². The fraction of sp³-hybridized carbons (Fsp3) is 0.111. The van der Waals surface area contributed by atoms with E-state index in [-0.39, 0.29) is 6.42 Å². The lowest BCUT2D eigenvalue weighted by atomic mass is 10.2. The molecular formula is C9H9N3O. The lowest BCUT2D eigenvalue weighted by Gasteiger charge is -1.93. The molecule has 1 heterocycles. The first-order valence-electron chi connectivity index (χ1n) is 3.68. The molecular weight excluding hydrogens is 166 g/mol. The number of anilines is 1. The smallest absolute Gasteiger partial charge is 0.229 e. The summed E-state index contributed by atoms with van der Waals surface area (Å²) < 4.78 is 0. The van der Waals surface area contributed by atoms with Crippen LogP contribution in [0.4, 0.5) is 5.82 Å². The molecule has 0 unspecified atom stereocenters. The van der Waals surface area contributed by atoms with Crippen molar-refractivity contribution in [1.29, 1.82) is 0 Å². The monoisotopic (exact) mass is 175 g/mol. The van der Waals surface area contributed by atoms with Crippen molar-refractivity contribution in [2.24, 2.45) is 5.73 Å². The Morgan fingerprint density at radius 3 is 3.00 bits per heavy atom. The third kappa shape index (κ3) is 2.83. The molecule has 0 atom stereocenters. The second-order valence-corrected chi connectivity index (χ2v) is 2.38. The predicted octanol–water partition coefficient (Wildman–Crippen LogP) is -0.109. The fourth-order valence-electron chi connectivity index (χ4n) is 0.750. The summed E-state index contributed by atoms with van der Waals surface area (Å²) >= 11 is 0. The largest absolute Gasteiger partial charge is 0.383 e. The number of nitrogens with two attached hydrogens (primary N) is 2. The van der Waals surface area contributed by atoms with Crippen molar-refractivity contribution < 1.29 is 4.79 Å². The van der Waals surface area contributed by atoms with Crippen LogP contribution in [0.2, 0.25) is 0 Å². The Morgan fingerprint density at radius 1 is 1.62 bits per heavy atom. The Hall–Kier alpha value is -2.02. The number of pyridine rings is 1. The number of hydrogen-bond acceptors (Lipinski definition) is 3. The maximum absolute atomic E-state index is 10.3. The van der Waals surface area contributed by atoms with E-state index in [9.17, 15) is 4.79 Å². The zero-order valence-electron chi connectivity index (χ0n) is 6.95. The third-order valence-corrected chi connectivity index (χ3v) is 1.32. The van der Waals surface area contributed by atoms with Gasteiger partial charge in [0.1, 0.15) is 5.82 Å². The summed E-state index contributed by atoms with van der Waals surface area (Å²) in [6.07, 6.45) is 1.61. The van der Waals surface area contributed by atoms with Crippen LogP contribution in [-0.2, 0) is 4.79 Å². The Balaban J connectivity index is 2.77. The van der Waals surface area contributed by atoms with Crippen LogP contribution in [0, 0.1) is 11.8 Å². The van der Waals surface area contributed by atoms with Crippen LogP contribution in [0.15, 0.2) is 18.3 Å². The molecule has 4 heteroatoms. The lowest BCUT2D eigenvalue weighted by molar-refractivity contribution is -0.117. The molecule has 4 N–H and O–H groups in total. The molecule has 0 saturated heterocycles. The summed E-state index contributed by atoms with van der Waals surface area (Å²) in [7, 11) is 0. The number of aromatic nitrogens is 1. The fourth-order valence-corrected chi connectivity index (χ4v) is 0.750. The molecule has 0 spiro atoms. The van der Waals surface area contributed by atoms with Crippen LogP contribution < -0.4 is 11.5 Å². The van der Waals surface area contributed by atoms with Crippen LogP contribution in [0.1, 0.15) is 12.0 Å². The summed E-state index contributed by atoms with van der Waals surface area (Å²) in [5.41, 5.74) is 11.0. The van der Waals surface area contributed by atoms with Gasteiger partial charge in [0.2, 0.25) is 5.91 Å². The number of hydrogen-bond donors (Lipinski definition) is 2. The van der Waals surface area contributed by atoms with Gasteiger partial charge in [0.25, 0.3) is 0 Å². The molecule has 1 amide bonds. The Kier molecular flexibility index (Phi) is 2.87. The van der Waals surface area contributed by atoms with Crippen molar-refractivity contribution in [3.8, 4) is 11.8 Å². The van der Waals surface area contributed by atoms with Gasteiger partial charge < -0.3 is 11.5 Å². The molecule has 1 aromatic heterocycles. The minimum absolute atomic E-state index is 0.0360. The van der Waals surface area contributed by atoms with E-state index in [0.717, 1.165) is 0 Å². The summed E-state index contributed by atoms with van der Waals surface area (Å²) in [5, 5.41) is 0. The highest BCUT2D eigenvalue weighted by atomic mass is 16.1. The predicted molar refractivity (Wildman–Crippen MR) is 49.3 cm³/mol. The van der Waals surface area contributed by atoms with E-state index in [2.05, 4.69) is 16.8 Å². The first-order valence-corrected chi connectivity index (χ1v) is 3.68. The summed E-state index contributed by atoms with van der Waals surface area (Å²) in [5.74, 6) is 5.21. The van der Waals surface area contributed by atoms with Crippen molar-refractivity contribution >= 4 is 11.7 Å². The minimum Gasteiger partial charge on any atom is -0.383 e. The van der Waals surface area contributed by atoms with Gasteiger partial charge in [-0.1, -0.05) is 11.8 Å². The van der Waals surface area contributed by atoms with E-state index < -0.39 is 5.91 Å². The average Bonchev–Trinajstić information content (AvgIpc) is 2.08. The van der Waals surface area contributed by atoms with Crippen LogP contribution in [0.3, 0.4) is 0 Å². The third-order valence-electron chi connectivity index (χ3n) is 1.32. The van der Waals surface area contributed by atoms with Gasteiger partial charge in [0.15, 0.2) is 0 Å². The number of amides is 1. The SMILES string of the molecule is NC(=O)CC#Cc1cccnc1N. The number of primary amides is 1. The molecule has 0 aliphatic heterocycles. The van der Waals surface area contributed by atoms with Crippen LogP contribution in [0.25, 0.3) is 0 Å². The Bertz CT molecular complexity index is 376. The quantitative estimate of drug-likeness (QED) is 0.584. The molecule has 0 bridgehead atoms. The van der Waals surface area contributed by atoms with Gasteiger partial charge in [0.05, 0.1) is 12.0 Å². The zero-order valence-corrected chi connectivity index (χ0v) is 6.95. The van der Waals surface area contributed by atoms with Gasteiger partial charge in [-0.05, 0) is 12.1 Å². The normalized spacial score (nSPS) is 8.62. The lowest BCUT2D eigenvalue weighted by Crippen LogP contribution is -2.08. The summed E-state index contributed by atoms with van der Waals surface area (Å²) in [6.45, 7) is 0. The average molecular weight is 175 g/mol. The van der Waals surface area contributed by atoms with E-state index >= 15 is 0 Å². The minimum atomic E-state index is -0.449. The van der Waals surface area contributed by atoms with E-state index in [1.807, 2.05) is 0 Å². The summed E-state index contributed by atoms with van der Waals surface area (Å²) in [6, 6.07) is 3.46. The highest BCUT2D eigenvalue weighted by Crippen LogP contribution is 2.03. The maximum Gasteiger partial charge on any atom is 0.229 e. The van der Waals surface area contributed by atoms with E-state index in [1.165, 1.54) is 0 Å². The highest BCUT2D eigenvalue weighted by molar-refractivity contribution is 5.76. The van der Waals surface area contributed by atoms with Crippen LogP contribution >= 0.6 is 0 Å². The molecule has 0 aliphatic carbocycles. The zero-order chi connectivity index (χ0) is 9.68. The second kappa shape index (κ2) is 4.12. The first kappa shape index (κ1) is 9.07. The maximum atomic E-state index is 10.3. The molecule has 4 nitrogen and oxygen atoms in total. The van der Waals surface area contributed by atoms with Gasteiger partial charge in [-0.3, -0.25) is 4.79 Å². The van der Waals surface area contributed by atoms with Crippen molar-refractivity contribution in [3.63, 3.8) is 0 Å². The van der Waals surface area contributed by atoms with E-state index in [4.69, 9.17) is 11.5 Å².